The van der Waals surface area contributed by atoms with Crippen LogP contribution in [0.4, 0.5) is 22.0 Å². The highest BCUT2D eigenvalue weighted by molar-refractivity contribution is 5.89. The minimum absolute atomic E-state index is 0.0176. The van der Waals surface area contributed by atoms with E-state index in [2.05, 4.69) is 25.1 Å². The fraction of sp³-hybridized carbons (Fsp3) is 0.333. The molecule has 28 heavy (non-hydrogen) atoms. The molecule has 1 heterocycles. The summed E-state index contributed by atoms with van der Waals surface area (Å²) in [5, 5.41) is 14.3. The van der Waals surface area contributed by atoms with Crippen molar-refractivity contribution in [3.8, 4) is 11.4 Å². The number of benzene rings is 1. The van der Waals surface area contributed by atoms with Gasteiger partial charge in [0.1, 0.15) is 12.5 Å². The molecular weight excluding hydrogens is 393 g/mol. The first-order chi connectivity index (χ1) is 13.2. The van der Waals surface area contributed by atoms with E-state index < -0.39 is 43.7 Å². The highest BCUT2D eigenvalue weighted by Crippen LogP contribution is 2.19. The van der Waals surface area contributed by atoms with E-state index in [1.54, 1.807) is 0 Å². The maximum Gasteiger partial charge on any atom is 0.491 e. The average Bonchev–Trinajstić information content (AvgIpc) is 2.63. The molecule has 0 amide bonds. The quantitative estimate of drug-likeness (QED) is 0.388. The third-order valence-corrected chi connectivity index (χ3v) is 3.30. The smallest absolute Gasteiger partial charge is 0.385 e. The van der Waals surface area contributed by atoms with Crippen molar-refractivity contribution >= 4 is 11.9 Å². The van der Waals surface area contributed by atoms with E-state index in [-0.39, 0.29) is 23.5 Å². The Hall–Kier alpha value is -3.09. The Labute approximate surface area is 154 Å². The topological polar surface area (TPSA) is 98.2 Å². The van der Waals surface area contributed by atoms with Crippen LogP contribution in [0.3, 0.4) is 0 Å². The molecule has 0 aliphatic carbocycles. The summed E-state index contributed by atoms with van der Waals surface area (Å²) in [5.74, 6) is -4.92. The third-order valence-electron chi connectivity index (χ3n) is 3.30. The maximum absolute atomic E-state index is 14.3. The minimum atomic E-state index is -5.34. The van der Waals surface area contributed by atoms with Crippen LogP contribution in [0.5, 0.6) is 0 Å². The van der Waals surface area contributed by atoms with E-state index >= 15 is 0 Å². The largest absolute Gasteiger partial charge is 0.491 e. The van der Waals surface area contributed by atoms with Crippen molar-refractivity contribution in [2.75, 3.05) is 19.8 Å². The van der Waals surface area contributed by atoms with Gasteiger partial charge in [-0.15, -0.1) is 20.4 Å². The molecule has 0 aliphatic rings. The molecule has 150 valence electrons. The summed E-state index contributed by atoms with van der Waals surface area (Å²) in [6.45, 7) is -2.53. The van der Waals surface area contributed by atoms with Crippen LogP contribution in [-0.2, 0) is 20.9 Å². The van der Waals surface area contributed by atoms with E-state index in [1.165, 1.54) is 12.1 Å². The first-order valence-corrected chi connectivity index (χ1v) is 7.60. The second-order valence-electron chi connectivity index (χ2n) is 5.34. The molecule has 0 saturated heterocycles. The van der Waals surface area contributed by atoms with Crippen LogP contribution in [0, 0.1) is 5.82 Å². The van der Waals surface area contributed by atoms with Gasteiger partial charge in [-0.25, -0.2) is 13.6 Å². The van der Waals surface area contributed by atoms with Crippen molar-refractivity contribution in [1.29, 1.82) is 0 Å². The fourth-order valence-corrected chi connectivity index (χ4v) is 2.08. The lowest BCUT2D eigenvalue weighted by molar-refractivity contribution is -0.202. The highest BCUT2D eigenvalue weighted by atomic mass is 19.4. The van der Waals surface area contributed by atoms with Crippen LogP contribution >= 0.6 is 0 Å². The molecule has 0 radical (unpaired) electrons. The van der Waals surface area contributed by atoms with Gasteiger partial charge in [0.2, 0.25) is 5.82 Å². The first-order valence-electron chi connectivity index (χ1n) is 7.60. The highest BCUT2D eigenvalue weighted by Gasteiger charge is 2.42. The van der Waals surface area contributed by atoms with E-state index in [1.807, 2.05) is 0 Å². The Morgan fingerprint density at radius 2 is 1.82 bits per heavy atom. The molecule has 2 aromatic rings. The summed E-state index contributed by atoms with van der Waals surface area (Å²) in [6.07, 6.45) is -4.25. The van der Waals surface area contributed by atoms with Crippen molar-refractivity contribution in [2.45, 2.75) is 12.7 Å². The van der Waals surface area contributed by atoms with Crippen molar-refractivity contribution in [3.05, 3.63) is 35.9 Å². The zero-order valence-electron chi connectivity index (χ0n) is 14.0. The Morgan fingerprint density at radius 3 is 2.39 bits per heavy atom. The summed E-state index contributed by atoms with van der Waals surface area (Å²) < 4.78 is 66.9. The number of hydrogen-bond donors (Lipinski definition) is 0. The molecule has 2 rings (SSSR count). The molecule has 0 N–H and O–H groups in total. The number of ether oxygens (including phenoxy) is 1. The van der Waals surface area contributed by atoms with Crippen LogP contribution in [0.15, 0.2) is 24.5 Å². The van der Waals surface area contributed by atoms with Crippen molar-refractivity contribution in [2.24, 2.45) is 0 Å². The van der Waals surface area contributed by atoms with Gasteiger partial charge in [0.15, 0.2) is 6.33 Å². The third kappa shape index (κ3) is 5.97. The molecule has 8 nitrogen and oxygen atoms in total. The number of nitrogens with zero attached hydrogens (tertiary/aromatic N) is 5. The molecule has 0 fully saturated rings. The SMILES string of the molecule is O=C(CN(CCF)Cc1ccc(-c2nncnn2)cc1F)OC(=O)C(F)(F)F. The van der Waals surface area contributed by atoms with Gasteiger partial charge in [-0.1, -0.05) is 12.1 Å². The van der Waals surface area contributed by atoms with Gasteiger partial charge in [-0.2, -0.15) is 13.2 Å². The number of rotatable bonds is 7. The van der Waals surface area contributed by atoms with Gasteiger partial charge < -0.3 is 4.74 Å². The molecule has 0 atom stereocenters. The predicted octanol–water partition coefficient (Wildman–Crippen LogP) is 1.48. The van der Waals surface area contributed by atoms with E-state index in [4.69, 9.17) is 0 Å². The number of aromatic nitrogens is 4. The number of esters is 2. The summed E-state index contributed by atoms with van der Waals surface area (Å²) >= 11 is 0. The molecule has 0 bridgehead atoms. The van der Waals surface area contributed by atoms with Crippen molar-refractivity contribution < 1.29 is 36.3 Å². The second-order valence-corrected chi connectivity index (χ2v) is 5.34. The summed E-state index contributed by atoms with van der Waals surface area (Å²) in [4.78, 5) is 23.1. The monoisotopic (exact) mass is 405 g/mol. The lowest BCUT2D eigenvalue weighted by atomic mass is 10.1. The van der Waals surface area contributed by atoms with Gasteiger partial charge >= 0.3 is 18.1 Å². The molecule has 1 aromatic heterocycles. The van der Waals surface area contributed by atoms with Crippen LogP contribution < -0.4 is 0 Å². The summed E-state index contributed by atoms with van der Waals surface area (Å²) in [7, 11) is 0. The first kappa shape index (κ1) is 21.2. The number of alkyl halides is 4. The number of halogens is 5. The van der Waals surface area contributed by atoms with Crippen LogP contribution in [0.1, 0.15) is 5.56 Å². The van der Waals surface area contributed by atoms with Gasteiger partial charge in [0, 0.05) is 24.2 Å². The number of carbonyl (C=O) groups is 2. The molecule has 13 heteroatoms. The van der Waals surface area contributed by atoms with Crippen LogP contribution in [0.25, 0.3) is 11.4 Å². The Kier molecular flexibility index (Phi) is 6.98. The van der Waals surface area contributed by atoms with Gasteiger partial charge in [-0.05, 0) is 6.07 Å². The molecule has 0 aliphatic heterocycles. The maximum atomic E-state index is 14.3. The molecule has 0 unspecified atom stereocenters. The molecule has 0 saturated carbocycles. The standard InChI is InChI=1S/C15H12F5N5O3/c16-3-4-25(7-12(26)28-14(27)15(18,19)20)6-10-2-1-9(5-11(10)17)13-23-21-8-22-24-13/h1-2,5,8H,3-4,6-7H2. The normalized spacial score (nSPS) is 11.5. The zero-order chi connectivity index (χ0) is 20.7. The Bertz CT molecular complexity index is 835. The minimum Gasteiger partial charge on any atom is -0.385 e. The predicted molar refractivity (Wildman–Crippen MR) is 81.4 cm³/mol. The fourth-order valence-electron chi connectivity index (χ4n) is 2.08. The molecule has 0 spiro atoms. The van der Waals surface area contributed by atoms with E-state index in [9.17, 15) is 31.5 Å². The Balaban J connectivity index is 2.07. The van der Waals surface area contributed by atoms with Gasteiger partial charge in [0.25, 0.3) is 0 Å². The van der Waals surface area contributed by atoms with E-state index in [0.29, 0.717) is 0 Å². The number of carbonyl (C=O) groups excluding carboxylic acids is 2. The zero-order valence-corrected chi connectivity index (χ0v) is 14.0. The lowest BCUT2D eigenvalue weighted by Gasteiger charge is -2.20. The average molecular weight is 405 g/mol. The summed E-state index contributed by atoms with van der Waals surface area (Å²) in [5.41, 5.74) is 0.276. The summed E-state index contributed by atoms with van der Waals surface area (Å²) in [6, 6.07) is 3.79. The number of hydrogen-bond acceptors (Lipinski definition) is 8. The van der Waals surface area contributed by atoms with Crippen LogP contribution in [-0.4, -0.2) is 63.2 Å². The van der Waals surface area contributed by atoms with Crippen LogP contribution in [0.2, 0.25) is 0 Å². The second kappa shape index (κ2) is 9.21. The Morgan fingerprint density at radius 1 is 1.14 bits per heavy atom. The van der Waals surface area contributed by atoms with Crippen molar-refractivity contribution in [1.82, 2.24) is 25.3 Å². The molecule has 1 aromatic carbocycles. The van der Waals surface area contributed by atoms with E-state index in [0.717, 1.165) is 17.3 Å². The van der Waals surface area contributed by atoms with Gasteiger partial charge in [0.05, 0.1) is 6.54 Å². The van der Waals surface area contributed by atoms with Crippen molar-refractivity contribution in [3.63, 3.8) is 0 Å². The lowest BCUT2D eigenvalue weighted by Crippen LogP contribution is -2.36. The van der Waals surface area contributed by atoms with Gasteiger partial charge in [-0.3, -0.25) is 9.69 Å². The molecular formula is C15H12F5N5O3.